The molecule has 1 aliphatic rings. The smallest absolute Gasteiger partial charge is 0.335 e. The van der Waals surface area contributed by atoms with Crippen LogP contribution in [0.3, 0.4) is 0 Å². The zero-order valence-corrected chi connectivity index (χ0v) is 12.4. The van der Waals surface area contributed by atoms with E-state index in [0.717, 1.165) is 36.3 Å². The van der Waals surface area contributed by atoms with Gasteiger partial charge in [0.25, 0.3) is 0 Å². The van der Waals surface area contributed by atoms with Gasteiger partial charge in [-0.25, -0.2) is 4.79 Å². The molecule has 1 aromatic carbocycles. The predicted octanol–water partition coefficient (Wildman–Crippen LogP) is 2.41. The predicted molar refractivity (Wildman–Crippen MR) is 80.1 cm³/mol. The Kier molecular flexibility index (Phi) is 5.06. The summed E-state index contributed by atoms with van der Waals surface area (Å²) in [5.74, 6) is 0.251. The van der Waals surface area contributed by atoms with Crippen LogP contribution >= 0.6 is 11.8 Å². The first-order valence-electron chi connectivity index (χ1n) is 6.73. The molecule has 0 radical (unpaired) electrons. The summed E-state index contributed by atoms with van der Waals surface area (Å²) in [4.78, 5) is 24.9. The molecule has 0 unspecified atom stereocenters. The number of carbonyl (C=O) groups is 2. The summed E-state index contributed by atoms with van der Waals surface area (Å²) in [5, 5.41) is 9.02. The van der Waals surface area contributed by atoms with Crippen LogP contribution in [0.25, 0.3) is 0 Å². The van der Waals surface area contributed by atoms with E-state index in [-0.39, 0.29) is 5.91 Å². The Hall–Kier alpha value is -1.49. The highest BCUT2D eigenvalue weighted by Crippen LogP contribution is 2.21. The summed E-state index contributed by atoms with van der Waals surface area (Å²) in [6.07, 6.45) is 4.33. The van der Waals surface area contributed by atoms with E-state index >= 15 is 0 Å². The third kappa shape index (κ3) is 3.54. The summed E-state index contributed by atoms with van der Waals surface area (Å²) in [6, 6.07) is 5.20. The average Bonchev–Trinajstić information content (AvgIpc) is 2.46. The number of carboxylic acid groups (broad SMARTS) is 1. The molecule has 1 heterocycles. The van der Waals surface area contributed by atoms with Crippen molar-refractivity contribution in [1.29, 1.82) is 0 Å². The Morgan fingerprint density at radius 1 is 1.35 bits per heavy atom. The standard InChI is InChI=1S/C15H19NO3S/c1-20-8-2-3-14(17)16-7-6-11-4-5-12(15(18)19)9-13(11)10-16/h4-5,9H,2-3,6-8,10H2,1H3,(H,18,19). The lowest BCUT2D eigenvalue weighted by atomic mass is 9.97. The summed E-state index contributed by atoms with van der Waals surface area (Å²) in [5.41, 5.74) is 2.41. The van der Waals surface area contributed by atoms with E-state index in [1.165, 1.54) is 0 Å². The minimum atomic E-state index is -0.920. The second kappa shape index (κ2) is 6.79. The van der Waals surface area contributed by atoms with Gasteiger partial charge in [-0.15, -0.1) is 0 Å². The van der Waals surface area contributed by atoms with E-state index in [4.69, 9.17) is 5.11 Å². The quantitative estimate of drug-likeness (QED) is 0.847. The van der Waals surface area contributed by atoms with E-state index < -0.39 is 5.97 Å². The van der Waals surface area contributed by atoms with Crippen molar-refractivity contribution in [2.45, 2.75) is 25.8 Å². The van der Waals surface area contributed by atoms with E-state index in [2.05, 4.69) is 0 Å². The lowest BCUT2D eigenvalue weighted by molar-refractivity contribution is -0.132. The van der Waals surface area contributed by atoms with Gasteiger partial charge >= 0.3 is 5.97 Å². The van der Waals surface area contributed by atoms with E-state index in [1.807, 2.05) is 17.2 Å². The number of carboxylic acids is 1. The third-order valence-corrected chi connectivity index (χ3v) is 4.25. The summed E-state index contributed by atoms with van der Waals surface area (Å²) in [7, 11) is 0. The molecule has 20 heavy (non-hydrogen) atoms. The Morgan fingerprint density at radius 2 is 2.15 bits per heavy atom. The minimum absolute atomic E-state index is 0.172. The minimum Gasteiger partial charge on any atom is -0.478 e. The van der Waals surface area contributed by atoms with Gasteiger partial charge in [-0.2, -0.15) is 11.8 Å². The fourth-order valence-electron chi connectivity index (χ4n) is 2.43. The van der Waals surface area contributed by atoms with Gasteiger partial charge in [0.15, 0.2) is 0 Å². The van der Waals surface area contributed by atoms with E-state index in [9.17, 15) is 9.59 Å². The van der Waals surface area contributed by atoms with E-state index in [0.29, 0.717) is 18.5 Å². The van der Waals surface area contributed by atoms with Crippen molar-refractivity contribution in [3.8, 4) is 0 Å². The molecular weight excluding hydrogens is 274 g/mol. The molecule has 108 valence electrons. The van der Waals surface area contributed by atoms with Crippen molar-refractivity contribution in [3.05, 3.63) is 34.9 Å². The molecule has 5 heteroatoms. The number of nitrogens with zero attached hydrogens (tertiary/aromatic N) is 1. The average molecular weight is 293 g/mol. The van der Waals surface area contributed by atoms with Crippen molar-refractivity contribution in [2.75, 3.05) is 18.6 Å². The summed E-state index contributed by atoms with van der Waals surface area (Å²) >= 11 is 1.75. The maximum atomic E-state index is 12.1. The second-order valence-corrected chi connectivity index (χ2v) is 5.94. The van der Waals surface area contributed by atoms with Gasteiger partial charge in [-0.1, -0.05) is 6.07 Å². The van der Waals surface area contributed by atoms with Crippen molar-refractivity contribution >= 4 is 23.6 Å². The fraction of sp³-hybridized carbons (Fsp3) is 0.467. The molecule has 0 spiro atoms. The molecule has 1 aromatic rings. The molecule has 1 N–H and O–H groups in total. The molecule has 0 saturated carbocycles. The number of hydrogen-bond acceptors (Lipinski definition) is 3. The van der Waals surface area contributed by atoms with Gasteiger partial charge in [0, 0.05) is 19.5 Å². The van der Waals surface area contributed by atoms with Crippen LogP contribution in [0.2, 0.25) is 0 Å². The van der Waals surface area contributed by atoms with Crippen LogP contribution in [0.1, 0.15) is 34.3 Å². The molecular formula is C15H19NO3S. The SMILES string of the molecule is CSCCCC(=O)N1CCc2ccc(C(=O)O)cc2C1. The van der Waals surface area contributed by atoms with Gasteiger partial charge in [0.1, 0.15) is 0 Å². The molecule has 0 bridgehead atoms. The number of amides is 1. The maximum Gasteiger partial charge on any atom is 0.335 e. The number of aromatic carboxylic acids is 1. The molecule has 0 aliphatic carbocycles. The number of benzene rings is 1. The Bertz CT molecular complexity index is 516. The van der Waals surface area contributed by atoms with Crippen molar-refractivity contribution in [2.24, 2.45) is 0 Å². The number of rotatable bonds is 5. The molecule has 0 saturated heterocycles. The van der Waals surface area contributed by atoms with Crippen LogP contribution in [0, 0.1) is 0 Å². The van der Waals surface area contributed by atoms with Crippen molar-refractivity contribution in [3.63, 3.8) is 0 Å². The molecule has 4 nitrogen and oxygen atoms in total. The topological polar surface area (TPSA) is 57.6 Å². The Morgan fingerprint density at radius 3 is 2.85 bits per heavy atom. The van der Waals surface area contributed by atoms with Gasteiger partial charge in [0.2, 0.25) is 5.91 Å². The van der Waals surface area contributed by atoms with Crippen LogP contribution in [-0.4, -0.2) is 40.4 Å². The van der Waals surface area contributed by atoms with Crippen LogP contribution in [0.5, 0.6) is 0 Å². The lowest BCUT2D eigenvalue weighted by Gasteiger charge is -2.29. The molecule has 0 fully saturated rings. The van der Waals surface area contributed by atoms with Gasteiger partial charge in [-0.3, -0.25) is 4.79 Å². The number of fused-ring (bicyclic) bond motifs is 1. The summed E-state index contributed by atoms with van der Waals surface area (Å²) in [6.45, 7) is 1.27. The van der Waals surface area contributed by atoms with Crippen LogP contribution in [0.15, 0.2) is 18.2 Å². The number of thioether (sulfide) groups is 1. The van der Waals surface area contributed by atoms with Crippen molar-refractivity contribution in [1.82, 2.24) is 4.90 Å². The lowest BCUT2D eigenvalue weighted by Crippen LogP contribution is -2.36. The molecule has 1 aliphatic heterocycles. The van der Waals surface area contributed by atoms with Crippen LogP contribution in [-0.2, 0) is 17.8 Å². The van der Waals surface area contributed by atoms with Crippen molar-refractivity contribution < 1.29 is 14.7 Å². The van der Waals surface area contributed by atoms with Gasteiger partial charge < -0.3 is 10.0 Å². The largest absolute Gasteiger partial charge is 0.478 e. The summed E-state index contributed by atoms with van der Waals surface area (Å²) < 4.78 is 0. The highest BCUT2D eigenvalue weighted by atomic mass is 32.2. The monoisotopic (exact) mass is 293 g/mol. The van der Waals surface area contributed by atoms with Gasteiger partial charge in [0.05, 0.1) is 5.56 Å². The number of hydrogen-bond donors (Lipinski definition) is 1. The van der Waals surface area contributed by atoms with Crippen LogP contribution in [0.4, 0.5) is 0 Å². The molecule has 0 atom stereocenters. The number of carbonyl (C=O) groups excluding carboxylic acids is 1. The van der Waals surface area contributed by atoms with Gasteiger partial charge in [-0.05, 0) is 48.1 Å². The maximum absolute atomic E-state index is 12.1. The zero-order chi connectivity index (χ0) is 14.5. The first-order valence-corrected chi connectivity index (χ1v) is 8.13. The van der Waals surface area contributed by atoms with Crippen LogP contribution < -0.4 is 0 Å². The first kappa shape index (κ1) is 14.9. The Balaban J connectivity index is 2.03. The highest BCUT2D eigenvalue weighted by Gasteiger charge is 2.21. The first-order chi connectivity index (χ1) is 9.61. The molecule has 1 amide bonds. The Labute approximate surface area is 123 Å². The van der Waals surface area contributed by atoms with E-state index in [1.54, 1.807) is 23.9 Å². The highest BCUT2D eigenvalue weighted by molar-refractivity contribution is 7.98. The molecule has 2 rings (SSSR count). The molecule has 0 aromatic heterocycles. The zero-order valence-electron chi connectivity index (χ0n) is 11.6. The normalized spacial score (nSPS) is 13.9. The second-order valence-electron chi connectivity index (χ2n) is 4.95. The fourth-order valence-corrected chi connectivity index (χ4v) is 2.86. The third-order valence-electron chi connectivity index (χ3n) is 3.56.